The van der Waals surface area contributed by atoms with E-state index in [1.54, 1.807) is 36.4 Å². The average Bonchev–Trinajstić information content (AvgIpc) is 3.08. The van der Waals surface area contributed by atoms with E-state index in [-0.39, 0.29) is 29.0 Å². The Bertz CT molecular complexity index is 1890. The van der Waals surface area contributed by atoms with Gasteiger partial charge in [0.05, 0.1) is 4.90 Å². The molecule has 4 aromatic rings. The summed E-state index contributed by atoms with van der Waals surface area (Å²) in [5.41, 5.74) is 8.45. The molecule has 1 aliphatic heterocycles. The number of hydrogen-bond acceptors (Lipinski definition) is 4. The number of fused-ring (bicyclic) bond motifs is 1. The number of aryl methyl sites for hydroxylation is 1. The number of carboxylic acids is 1. The third-order valence-corrected chi connectivity index (χ3v) is 11.3. The monoisotopic (exact) mass is 704 g/mol. The fourth-order valence-electron chi connectivity index (χ4n) is 7.06. The summed E-state index contributed by atoms with van der Waals surface area (Å²) in [5.74, 6) is -1.45. The lowest BCUT2D eigenvalue weighted by Gasteiger charge is -2.31. The first-order chi connectivity index (χ1) is 23.5. The van der Waals surface area contributed by atoms with E-state index in [0.717, 1.165) is 77.9 Å². The number of carbonyl (C=O) groups is 1. The van der Waals surface area contributed by atoms with E-state index in [2.05, 4.69) is 21.8 Å². The number of hydrogen-bond donors (Lipinski definition) is 2. The van der Waals surface area contributed by atoms with E-state index in [9.17, 15) is 27.1 Å². The van der Waals surface area contributed by atoms with Crippen LogP contribution in [0.15, 0.2) is 95.4 Å². The topological polar surface area (TPSA) is 86.7 Å². The van der Waals surface area contributed by atoms with Crippen LogP contribution in [0.4, 0.5) is 8.78 Å². The van der Waals surface area contributed by atoms with Gasteiger partial charge in [0.1, 0.15) is 11.6 Å². The molecule has 0 spiro atoms. The lowest BCUT2D eigenvalue weighted by atomic mass is 9.83. The van der Waals surface area contributed by atoms with Crippen LogP contribution in [0, 0.1) is 11.6 Å². The predicted octanol–water partition coefficient (Wildman–Crippen LogP) is 7.61. The molecule has 0 saturated carbocycles. The summed E-state index contributed by atoms with van der Waals surface area (Å²) < 4.78 is 56.6. The van der Waals surface area contributed by atoms with E-state index >= 15 is 0 Å². The summed E-state index contributed by atoms with van der Waals surface area (Å²) >= 11 is 5.96. The quantitative estimate of drug-likeness (QED) is 0.168. The molecule has 1 saturated heterocycles. The second-order valence-electron chi connectivity index (χ2n) is 12.9. The van der Waals surface area contributed by atoms with Gasteiger partial charge in [-0.2, -0.15) is 0 Å². The maximum Gasteiger partial charge on any atom is 0.303 e. The minimum atomic E-state index is -3.73. The van der Waals surface area contributed by atoms with Crippen molar-refractivity contribution in [3.8, 4) is 0 Å². The van der Waals surface area contributed by atoms with Gasteiger partial charge >= 0.3 is 5.97 Å². The number of sulfonamides is 1. The molecule has 0 amide bonds. The minimum Gasteiger partial charge on any atom is -0.481 e. The molecule has 1 heterocycles. The lowest BCUT2D eigenvalue weighted by Crippen LogP contribution is -2.39. The Hall–Kier alpha value is -3.89. The molecule has 1 atom stereocenters. The van der Waals surface area contributed by atoms with E-state index in [4.69, 9.17) is 11.6 Å². The third-order valence-electron chi connectivity index (χ3n) is 9.55. The fourth-order valence-corrected chi connectivity index (χ4v) is 8.46. The lowest BCUT2D eigenvalue weighted by molar-refractivity contribution is -0.136. The average molecular weight is 705 g/mol. The first-order valence-corrected chi connectivity index (χ1v) is 18.5. The highest BCUT2D eigenvalue weighted by Crippen LogP contribution is 2.33. The summed E-state index contributed by atoms with van der Waals surface area (Å²) in [6.45, 7) is 2.50. The maximum absolute atomic E-state index is 13.8. The number of likely N-dealkylation sites (tertiary alicyclic amines) is 1. The molecule has 6 rings (SSSR count). The molecule has 10 heteroatoms. The predicted molar refractivity (Wildman–Crippen MR) is 188 cm³/mol. The van der Waals surface area contributed by atoms with E-state index in [1.807, 2.05) is 0 Å². The number of nitrogens with one attached hydrogen (secondary N) is 1. The molecule has 256 valence electrons. The van der Waals surface area contributed by atoms with Gasteiger partial charge in [0, 0.05) is 37.1 Å². The Kier molecular flexibility index (Phi) is 10.9. The van der Waals surface area contributed by atoms with Gasteiger partial charge in [-0.25, -0.2) is 21.9 Å². The molecule has 1 fully saturated rings. The van der Waals surface area contributed by atoms with Crippen LogP contribution in [-0.4, -0.2) is 50.1 Å². The van der Waals surface area contributed by atoms with Crippen molar-refractivity contribution in [1.29, 1.82) is 0 Å². The van der Waals surface area contributed by atoms with Crippen molar-refractivity contribution in [3.05, 3.63) is 141 Å². The molecular formula is C39H39ClF2N2O4S. The number of aliphatic carboxylic acids is 1. The van der Waals surface area contributed by atoms with Crippen LogP contribution in [0.25, 0.3) is 5.57 Å². The normalized spacial score (nSPS) is 16.7. The van der Waals surface area contributed by atoms with Crippen LogP contribution in [0.5, 0.6) is 0 Å². The van der Waals surface area contributed by atoms with Crippen molar-refractivity contribution in [3.63, 3.8) is 0 Å². The zero-order valence-electron chi connectivity index (χ0n) is 27.1. The van der Waals surface area contributed by atoms with Crippen LogP contribution < -0.4 is 4.72 Å². The molecule has 0 bridgehead atoms. The minimum absolute atomic E-state index is 0.0359. The van der Waals surface area contributed by atoms with E-state index < -0.39 is 16.0 Å². The van der Waals surface area contributed by atoms with E-state index in [0.29, 0.717) is 30.7 Å². The van der Waals surface area contributed by atoms with Gasteiger partial charge in [0.25, 0.3) is 0 Å². The Labute approximate surface area is 291 Å². The highest BCUT2D eigenvalue weighted by molar-refractivity contribution is 7.89. The van der Waals surface area contributed by atoms with Gasteiger partial charge in [-0.15, -0.1) is 0 Å². The van der Waals surface area contributed by atoms with Crippen LogP contribution in [0.3, 0.4) is 0 Å². The van der Waals surface area contributed by atoms with Crippen LogP contribution in [0.2, 0.25) is 5.02 Å². The first kappa shape index (κ1) is 35.0. The zero-order chi connectivity index (χ0) is 34.5. The van der Waals surface area contributed by atoms with Crippen LogP contribution >= 0.6 is 11.6 Å². The third kappa shape index (κ3) is 8.83. The molecule has 2 N–H and O–H groups in total. The molecular weight excluding hydrogens is 666 g/mol. The summed E-state index contributed by atoms with van der Waals surface area (Å²) in [4.78, 5) is 14.1. The van der Waals surface area contributed by atoms with Crippen molar-refractivity contribution in [2.75, 3.05) is 19.6 Å². The van der Waals surface area contributed by atoms with E-state index in [1.165, 1.54) is 42.0 Å². The molecule has 1 aliphatic carbocycles. The fraction of sp³-hybridized carbons (Fsp3) is 0.308. The summed E-state index contributed by atoms with van der Waals surface area (Å²) in [5, 5.41) is 9.88. The second-order valence-corrected chi connectivity index (χ2v) is 15.0. The Balaban J connectivity index is 1.16. The van der Waals surface area contributed by atoms with Crippen LogP contribution in [0.1, 0.15) is 59.1 Å². The van der Waals surface area contributed by atoms with Gasteiger partial charge in [-0.3, -0.25) is 4.79 Å². The number of halogens is 3. The number of rotatable bonds is 11. The molecule has 0 aromatic heterocycles. The van der Waals surface area contributed by atoms with Crippen molar-refractivity contribution >= 4 is 33.2 Å². The smallest absolute Gasteiger partial charge is 0.303 e. The van der Waals surface area contributed by atoms with Gasteiger partial charge in [0.2, 0.25) is 10.0 Å². The van der Waals surface area contributed by atoms with Gasteiger partial charge in [-0.1, -0.05) is 53.6 Å². The maximum atomic E-state index is 13.8. The van der Waals surface area contributed by atoms with Crippen molar-refractivity contribution in [1.82, 2.24) is 9.62 Å². The van der Waals surface area contributed by atoms with Crippen LogP contribution in [-0.2, 0) is 40.5 Å². The standard InChI is InChI=1S/C39H39ClF2N2O4S/c40-32-6-13-36(14-7-32)49(47,48)43-35-12-15-37-30(5-16-38(45)46)23-26(24-31(37)25-35)17-20-44-21-18-29(19-22-44)39(27-1-8-33(41)9-2-27)28-3-10-34(42)11-4-28/h1-4,6-11,13-14,23-24,35,43H,5,12,15-22,25H2,(H,45,46). The Morgan fingerprint density at radius 2 is 1.47 bits per heavy atom. The number of carboxylic acid groups (broad SMARTS) is 1. The molecule has 6 nitrogen and oxygen atoms in total. The van der Waals surface area contributed by atoms with Gasteiger partial charge in [-0.05, 0) is 132 Å². The molecule has 1 unspecified atom stereocenters. The summed E-state index contributed by atoms with van der Waals surface area (Å²) in [6.07, 6.45) is 4.72. The molecule has 4 aromatic carbocycles. The highest BCUT2D eigenvalue weighted by Gasteiger charge is 2.27. The summed E-state index contributed by atoms with van der Waals surface area (Å²) in [7, 11) is -3.73. The second kappa shape index (κ2) is 15.3. The van der Waals surface area contributed by atoms with Crippen molar-refractivity contribution in [2.45, 2.75) is 62.3 Å². The first-order valence-electron chi connectivity index (χ1n) is 16.6. The van der Waals surface area contributed by atoms with Gasteiger partial charge in [0.15, 0.2) is 0 Å². The number of benzene rings is 4. The number of piperidine rings is 1. The van der Waals surface area contributed by atoms with Crippen molar-refractivity contribution < 1.29 is 27.1 Å². The molecule has 2 aliphatic rings. The van der Waals surface area contributed by atoms with Crippen molar-refractivity contribution in [2.24, 2.45) is 0 Å². The molecule has 0 radical (unpaired) electrons. The Morgan fingerprint density at radius 1 is 0.857 bits per heavy atom. The summed E-state index contributed by atoms with van der Waals surface area (Å²) in [6, 6.07) is 23.0. The zero-order valence-corrected chi connectivity index (χ0v) is 28.7. The SMILES string of the molecule is O=C(O)CCc1cc(CCN2CCC(=C(c3ccc(F)cc3)c3ccc(F)cc3)CC2)cc2c1CCC(NS(=O)(=O)c1ccc(Cl)cc1)C2. The Morgan fingerprint density at radius 3 is 2.06 bits per heavy atom. The highest BCUT2D eigenvalue weighted by atomic mass is 35.5. The largest absolute Gasteiger partial charge is 0.481 e. The molecule has 49 heavy (non-hydrogen) atoms. The number of nitrogens with zero attached hydrogens (tertiary/aromatic N) is 1. The van der Waals surface area contributed by atoms with Gasteiger partial charge < -0.3 is 10.0 Å².